The summed E-state index contributed by atoms with van der Waals surface area (Å²) in [6, 6.07) is 26.4. The molecule has 3 aromatic carbocycles. The van der Waals surface area contributed by atoms with E-state index in [2.05, 4.69) is 75.5 Å². The number of nitrogens with one attached hydrogen (secondary N) is 1. The monoisotopic (exact) mass is 1020 g/mol. The van der Waals surface area contributed by atoms with Crippen LogP contribution >= 0.6 is 0 Å². The molecule has 404 valence electrons. The van der Waals surface area contributed by atoms with Crippen molar-refractivity contribution in [3.8, 4) is 11.5 Å². The molecule has 74 heavy (non-hydrogen) atoms. The molecule has 5 aliphatic rings. The third-order valence-electron chi connectivity index (χ3n) is 18.9. The van der Waals surface area contributed by atoms with Crippen LogP contribution in [0.5, 0.6) is 11.5 Å². The highest BCUT2D eigenvalue weighted by Crippen LogP contribution is 2.63. The van der Waals surface area contributed by atoms with E-state index in [0.717, 1.165) is 108 Å². The van der Waals surface area contributed by atoms with E-state index < -0.39 is 29.7 Å². The minimum absolute atomic E-state index is 0.0882. The summed E-state index contributed by atoms with van der Waals surface area (Å²) < 4.78 is 23.4. The molecule has 0 radical (unpaired) electrons. The number of benzene rings is 3. The Morgan fingerprint density at radius 1 is 0.743 bits per heavy atom. The molecule has 11 heteroatoms. The van der Waals surface area contributed by atoms with Crippen LogP contribution in [0.2, 0.25) is 0 Å². The normalized spacial score (nSPS) is 27.5. The number of esters is 1. The molecule has 4 fully saturated rings. The van der Waals surface area contributed by atoms with Gasteiger partial charge in [-0.25, -0.2) is 4.79 Å². The summed E-state index contributed by atoms with van der Waals surface area (Å²) in [5.41, 5.74) is 4.14. The molecule has 8 rings (SSSR count). The van der Waals surface area contributed by atoms with Gasteiger partial charge < -0.3 is 34.5 Å². The number of fused-ring (bicyclic) bond motifs is 5. The third kappa shape index (κ3) is 12.9. The first-order chi connectivity index (χ1) is 35.7. The van der Waals surface area contributed by atoms with Gasteiger partial charge in [0.2, 0.25) is 0 Å². The molecule has 1 amide bonds. The molecule has 0 bridgehead atoms. The largest absolute Gasteiger partial charge is 0.497 e. The quantitative estimate of drug-likeness (QED) is 0.0343. The first-order valence-electron chi connectivity index (χ1n) is 28.5. The summed E-state index contributed by atoms with van der Waals surface area (Å²) in [5, 5.41) is 24.1. The lowest BCUT2D eigenvalue weighted by atomic mass is 9.50. The van der Waals surface area contributed by atoms with Gasteiger partial charge in [0.25, 0.3) is 0 Å². The van der Waals surface area contributed by atoms with E-state index in [4.69, 9.17) is 18.9 Å². The first kappa shape index (κ1) is 55.4. The van der Waals surface area contributed by atoms with Gasteiger partial charge in [0.05, 0.1) is 27.1 Å². The van der Waals surface area contributed by atoms with Crippen LogP contribution in [0.4, 0.5) is 4.79 Å². The fraction of sp³-hybridized carbons (Fsp3) is 0.635. The summed E-state index contributed by atoms with van der Waals surface area (Å²) >= 11 is 0. The fourth-order valence-corrected chi connectivity index (χ4v) is 15.0. The van der Waals surface area contributed by atoms with Crippen molar-refractivity contribution in [1.29, 1.82) is 0 Å². The number of amides is 1. The number of likely N-dealkylation sites (tertiary alicyclic amines) is 1. The predicted molar refractivity (Wildman–Crippen MR) is 290 cm³/mol. The Balaban J connectivity index is 0.838. The standard InChI is InChI=1S/C63H88N2O9/c1-42(2)14-13-15-43(3)52-29-30-54-53(52)31-32-56-55(54)28-23-48-38-51(35-36-62(48,56)4)73-61(70)64-37-12-8-11-18-58(66)65-40-44(57(41-65)74-60(69)34-33-59(67)68)39-63(45-16-9-7-10-17-45,46-19-24-49(71-5)25-20-46)47-21-26-50(72-6)27-22-47/h7,9-10,16-17,19-27,42-44,51-58,66H,8,11-15,18,28-41H2,1-6H3,(H,64,70)(H,67,68). The van der Waals surface area contributed by atoms with Crippen LogP contribution in [-0.2, 0) is 24.5 Å². The molecule has 11 nitrogen and oxygen atoms in total. The number of allylic oxidation sites excluding steroid dienone is 1. The van der Waals surface area contributed by atoms with Gasteiger partial charge in [-0.3, -0.25) is 14.5 Å². The van der Waals surface area contributed by atoms with Crippen molar-refractivity contribution in [2.75, 3.05) is 33.9 Å². The second kappa shape index (κ2) is 25.3. The Bertz CT molecular complexity index is 2270. The van der Waals surface area contributed by atoms with Gasteiger partial charge >= 0.3 is 18.0 Å². The average Bonchev–Trinajstić information content (AvgIpc) is 4.03. The lowest BCUT2D eigenvalue weighted by Gasteiger charge is -2.55. The summed E-state index contributed by atoms with van der Waals surface area (Å²) in [5.74, 6) is 5.51. The van der Waals surface area contributed by atoms with E-state index in [1.165, 1.54) is 56.9 Å². The van der Waals surface area contributed by atoms with Crippen molar-refractivity contribution in [3.63, 3.8) is 0 Å². The SMILES string of the molecule is COc1ccc(C(CC2CN(C(O)CCCCCNC(=O)OC3CCC4(C)C(=CCC5C6CCC(C(C)CCCC(C)C)C6CCC54)C3)CC2OC(=O)CCC(=O)O)(c2ccccc2)c2ccc(OC)cc2)cc1. The second-order valence-corrected chi connectivity index (χ2v) is 23.7. The fourth-order valence-electron chi connectivity index (χ4n) is 15.0. The molecule has 0 spiro atoms. The number of carbonyl (C=O) groups excluding carboxylic acids is 2. The number of aliphatic hydroxyl groups is 1. The number of carboxylic acid groups (broad SMARTS) is 1. The molecule has 1 aliphatic heterocycles. The molecule has 11 atom stereocenters. The number of rotatable bonds is 24. The van der Waals surface area contributed by atoms with Crippen LogP contribution in [0.3, 0.4) is 0 Å². The summed E-state index contributed by atoms with van der Waals surface area (Å²) in [4.78, 5) is 39.8. The number of alkyl carbamates (subject to hydrolysis) is 1. The van der Waals surface area contributed by atoms with Crippen molar-refractivity contribution >= 4 is 18.0 Å². The third-order valence-corrected chi connectivity index (χ3v) is 18.9. The zero-order chi connectivity index (χ0) is 52.4. The Kier molecular flexibility index (Phi) is 18.9. The smallest absolute Gasteiger partial charge is 0.407 e. The van der Waals surface area contributed by atoms with Crippen molar-refractivity contribution in [1.82, 2.24) is 10.2 Å². The number of unbranched alkanes of at least 4 members (excludes halogenated alkanes) is 2. The van der Waals surface area contributed by atoms with Crippen LogP contribution in [0.1, 0.15) is 160 Å². The molecule has 3 saturated carbocycles. The molecular formula is C63H88N2O9. The second-order valence-electron chi connectivity index (χ2n) is 23.7. The van der Waals surface area contributed by atoms with E-state index in [0.29, 0.717) is 32.5 Å². The molecule has 3 aromatic rings. The van der Waals surface area contributed by atoms with Crippen LogP contribution in [0, 0.1) is 52.8 Å². The molecule has 1 saturated heterocycles. The Labute approximate surface area is 442 Å². The van der Waals surface area contributed by atoms with Gasteiger partial charge in [0, 0.05) is 37.4 Å². The maximum absolute atomic E-state index is 13.2. The topological polar surface area (TPSA) is 144 Å². The highest BCUT2D eigenvalue weighted by molar-refractivity contribution is 5.76. The van der Waals surface area contributed by atoms with Crippen LogP contribution in [0.25, 0.3) is 0 Å². The van der Waals surface area contributed by atoms with Gasteiger partial charge in [-0.2, -0.15) is 0 Å². The lowest BCUT2D eigenvalue weighted by molar-refractivity contribution is -0.153. The molecule has 0 aromatic heterocycles. The molecule has 3 N–H and O–H groups in total. The van der Waals surface area contributed by atoms with Gasteiger partial charge in [-0.15, -0.1) is 0 Å². The van der Waals surface area contributed by atoms with E-state index in [1.807, 2.05) is 47.4 Å². The van der Waals surface area contributed by atoms with Crippen molar-refractivity contribution in [2.24, 2.45) is 52.8 Å². The van der Waals surface area contributed by atoms with Gasteiger partial charge in [0.1, 0.15) is 29.9 Å². The van der Waals surface area contributed by atoms with E-state index in [1.54, 1.807) is 14.2 Å². The van der Waals surface area contributed by atoms with E-state index in [-0.39, 0.29) is 36.4 Å². The minimum atomic E-state index is -1.06. The van der Waals surface area contributed by atoms with Crippen molar-refractivity contribution in [3.05, 3.63) is 107 Å². The lowest BCUT2D eigenvalue weighted by Crippen LogP contribution is -2.48. The molecule has 4 aliphatic carbocycles. The summed E-state index contributed by atoms with van der Waals surface area (Å²) in [6.45, 7) is 11.1. The maximum atomic E-state index is 13.2. The number of methoxy groups -OCH3 is 2. The van der Waals surface area contributed by atoms with Crippen LogP contribution in [0.15, 0.2) is 90.5 Å². The number of aliphatic carboxylic acids is 1. The molecule has 1 heterocycles. The maximum Gasteiger partial charge on any atom is 0.407 e. The number of hydrogen-bond acceptors (Lipinski definition) is 9. The number of carbonyl (C=O) groups is 3. The van der Waals surface area contributed by atoms with Crippen LogP contribution in [-0.4, -0.2) is 85.4 Å². The highest BCUT2D eigenvalue weighted by atomic mass is 16.6. The molecular weight excluding hydrogens is 929 g/mol. The van der Waals surface area contributed by atoms with E-state index in [9.17, 15) is 24.6 Å². The number of hydrogen-bond donors (Lipinski definition) is 3. The summed E-state index contributed by atoms with van der Waals surface area (Å²) in [7, 11) is 3.29. The summed E-state index contributed by atoms with van der Waals surface area (Å²) in [6.07, 6.45) is 17.3. The number of nitrogens with zero attached hydrogens (tertiary/aromatic N) is 1. The Morgan fingerprint density at radius 3 is 2.08 bits per heavy atom. The number of aliphatic hydroxyl groups excluding tert-OH is 1. The number of carboxylic acids is 1. The average molecular weight is 1020 g/mol. The van der Waals surface area contributed by atoms with Crippen molar-refractivity contribution in [2.45, 2.75) is 167 Å². The van der Waals surface area contributed by atoms with Crippen molar-refractivity contribution < 1.29 is 43.5 Å². The molecule has 11 unspecified atom stereocenters. The van der Waals surface area contributed by atoms with Crippen LogP contribution < -0.4 is 14.8 Å². The van der Waals surface area contributed by atoms with Gasteiger partial charge in [0.15, 0.2) is 0 Å². The highest BCUT2D eigenvalue weighted by Gasteiger charge is 2.55. The van der Waals surface area contributed by atoms with Gasteiger partial charge in [-0.1, -0.05) is 120 Å². The van der Waals surface area contributed by atoms with Gasteiger partial charge in [-0.05, 0) is 158 Å². The first-order valence-corrected chi connectivity index (χ1v) is 28.5. The zero-order valence-corrected chi connectivity index (χ0v) is 45.5. The Hall–Kier alpha value is -4.87. The Morgan fingerprint density at radius 2 is 1.42 bits per heavy atom. The predicted octanol–water partition coefficient (Wildman–Crippen LogP) is 12.8. The number of ether oxygens (including phenoxy) is 4. The minimum Gasteiger partial charge on any atom is -0.497 e. The zero-order valence-electron chi connectivity index (χ0n) is 45.5. The van der Waals surface area contributed by atoms with E-state index >= 15 is 0 Å².